The zero-order valence-electron chi connectivity index (χ0n) is 19.7. The number of hydrogen-bond donors (Lipinski definition) is 1. The number of hydrogen-bond acceptors (Lipinski definition) is 4. The van der Waals surface area contributed by atoms with Crippen molar-refractivity contribution in [3.63, 3.8) is 0 Å². The Bertz CT molecular complexity index is 1430. The van der Waals surface area contributed by atoms with Crippen LogP contribution in [0, 0.1) is 29.9 Å². The quantitative estimate of drug-likeness (QED) is 0.500. The summed E-state index contributed by atoms with van der Waals surface area (Å²) >= 11 is 0. The zero-order chi connectivity index (χ0) is 25.9. The smallest absolute Gasteiger partial charge is 0.253 e. The molecular weight excluding hydrogens is 484 g/mol. The molecule has 0 aliphatic carbocycles. The zero-order valence-corrected chi connectivity index (χ0v) is 20.5. The number of piperidine rings is 1. The van der Waals surface area contributed by atoms with E-state index in [-0.39, 0.29) is 17.2 Å². The molecule has 0 unspecified atom stereocenters. The molecule has 1 N–H and O–H groups in total. The van der Waals surface area contributed by atoms with Gasteiger partial charge in [0.2, 0.25) is 10.0 Å². The summed E-state index contributed by atoms with van der Waals surface area (Å²) in [7, 11) is -4.01. The first-order valence-electron chi connectivity index (χ1n) is 11.5. The van der Waals surface area contributed by atoms with Gasteiger partial charge in [-0.2, -0.15) is 5.26 Å². The van der Waals surface area contributed by atoms with Crippen LogP contribution in [-0.2, 0) is 15.8 Å². The van der Waals surface area contributed by atoms with E-state index >= 15 is 0 Å². The van der Waals surface area contributed by atoms with E-state index in [1.54, 1.807) is 36.1 Å². The normalized spacial score (nSPS) is 14.3. The molecule has 6 nitrogen and oxygen atoms in total. The minimum atomic E-state index is -4.01. The topological polar surface area (TPSA) is 90.3 Å². The molecule has 0 aromatic heterocycles. The number of aryl methyl sites for hydroxylation is 1. The number of nitriles is 1. The Morgan fingerprint density at radius 3 is 2.39 bits per heavy atom. The number of nitrogens with one attached hydrogen (secondary N) is 1. The molecule has 3 aromatic rings. The molecule has 9 heteroatoms. The van der Waals surface area contributed by atoms with Crippen molar-refractivity contribution in [3.8, 4) is 6.07 Å². The Kier molecular flexibility index (Phi) is 7.36. The van der Waals surface area contributed by atoms with Crippen LogP contribution in [0.5, 0.6) is 0 Å². The van der Waals surface area contributed by atoms with Crippen molar-refractivity contribution in [3.05, 3.63) is 100 Å². The first-order chi connectivity index (χ1) is 17.1. The third-order valence-corrected chi connectivity index (χ3v) is 7.63. The van der Waals surface area contributed by atoms with Crippen molar-refractivity contribution < 1.29 is 22.0 Å². The monoisotopic (exact) mass is 509 g/mol. The van der Waals surface area contributed by atoms with Crippen LogP contribution in [0.15, 0.2) is 60.7 Å². The molecule has 1 heterocycles. The predicted molar refractivity (Wildman–Crippen MR) is 133 cm³/mol. The van der Waals surface area contributed by atoms with Gasteiger partial charge in [-0.1, -0.05) is 24.3 Å². The Morgan fingerprint density at radius 1 is 1.06 bits per heavy atom. The van der Waals surface area contributed by atoms with Gasteiger partial charge >= 0.3 is 0 Å². The van der Waals surface area contributed by atoms with E-state index in [9.17, 15) is 22.0 Å². The van der Waals surface area contributed by atoms with Crippen LogP contribution < -0.4 is 4.72 Å². The largest absolute Gasteiger partial charge is 0.339 e. The first kappa shape index (κ1) is 25.3. The number of nitrogens with zero attached hydrogens (tertiary/aromatic N) is 2. The van der Waals surface area contributed by atoms with Crippen LogP contribution in [0.25, 0.3) is 0 Å². The van der Waals surface area contributed by atoms with E-state index in [0.29, 0.717) is 41.8 Å². The highest BCUT2D eigenvalue weighted by Crippen LogP contribution is 2.29. The number of halogens is 2. The molecule has 4 rings (SSSR count). The van der Waals surface area contributed by atoms with Gasteiger partial charge in [0, 0.05) is 30.3 Å². The molecule has 3 aromatic carbocycles. The number of benzene rings is 3. The molecular formula is C27H25F2N3O3S. The molecule has 1 amide bonds. The van der Waals surface area contributed by atoms with Crippen molar-refractivity contribution in [2.24, 2.45) is 0 Å². The van der Waals surface area contributed by atoms with E-state index in [4.69, 9.17) is 5.26 Å². The van der Waals surface area contributed by atoms with Crippen LogP contribution in [-0.4, -0.2) is 32.3 Å². The molecule has 0 radical (unpaired) electrons. The second-order valence-corrected chi connectivity index (χ2v) is 10.6. The Labute approximate surface area is 209 Å². The maximum absolute atomic E-state index is 13.9. The van der Waals surface area contributed by atoms with Crippen molar-refractivity contribution in [2.75, 3.05) is 17.8 Å². The van der Waals surface area contributed by atoms with Gasteiger partial charge in [-0.3, -0.25) is 9.52 Å². The summed E-state index contributed by atoms with van der Waals surface area (Å²) in [5.41, 5.74) is 2.79. The maximum atomic E-state index is 13.9. The van der Waals surface area contributed by atoms with Gasteiger partial charge in [-0.15, -0.1) is 0 Å². The third-order valence-electron chi connectivity index (χ3n) is 6.40. The molecule has 0 spiro atoms. The van der Waals surface area contributed by atoms with Crippen LogP contribution >= 0.6 is 0 Å². The third kappa shape index (κ3) is 5.89. The van der Waals surface area contributed by atoms with E-state index in [1.807, 2.05) is 12.1 Å². The van der Waals surface area contributed by atoms with Crippen LogP contribution in [0.1, 0.15) is 51.4 Å². The summed E-state index contributed by atoms with van der Waals surface area (Å²) < 4.78 is 54.9. The Morgan fingerprint density at radius 2 is 1.75 bits per heavy atom. The van der Waals surface area contributed by atoms with Crippen molar-refractivity contribution >= 4 is 21.6 Å². The van der Waals surface area contributed by atoms with Gasteiger partial charge in [0.15, 0.2) is 0 Å². The number of likely N-dealkylation sites (tertiary alicyclic amines) is 1. The lowest BCUT2D eigenvalue weighted by Gasteiger charge is -2.32. The van der Waals surface area contributed by atoms with E-state index < -0.39 is 27.4 Å². The average Bonchev–Trinajstić information content (AvgIpc) is 2.86. The van der Waals surface area contributed by atoms with Gasteiger partial charge in [-0.25, -0.2) is 17.2 Å². The Balaban J connectivity index is 1.43. The SMILES string of the molecule is Cc1ccc(C(=O)N2CCC(c3ccc(C#N)cc3)CC2)cc1NS(=O)(=O)Cc1ccc(F)cc1F. The van der Waals surface area contributed by atoms with E-state index in [2.05, 4.69) is 10.8 Å². The molecule has 0 bridgehead atoms. The average molecular weight is 510 g/mol. The first-order valence-corrected chi connectivity index (χ1v) is 13.1. The van der Waals surface area contributed by atoms with Crippen molar-refractivity contribution in [2.45, 2.75) is 31.4 Å². The molecule has 0 saturated carbocycles. The van der Waals surface area contributed by atoms with Gasteiger partial charge in [0.1, 0.15) is 11.6 Å². The lowest BCUT2D eigenvalue weighted by molar-refractivity contribution is 0.0713. The molecule has 1 fully saturated rings. The summed E-state index contributed by atoms with van der Waals surface area (Å²) in [4.78, 5) is 14.9. The summed E-state index contributed by atoms with van der Waals surface area (Å²) in [5.74, 6) is -2.29. The number of amides is 1. The van der Waals surface area contributed by atoms with Crippen molar-refractivity contribution in [1.82, 2.24) is 4.90 Å². The Hall–Kier alpha value is -3.77. The fraction of sp³-hybridized carbons (Fsp3) is 0.259. The second kappa shape index (κ2) is 10.5. The molecule has 186 valence electrons. The molecule has 0 atom stereocenters. The lowest BCUT2D eigenvalue weighted by Crippen LogP contribution is -2.38. The highest BCUT2D eigenvalue weighted by atomic mass is 32.2. The van der Waals surface area contributed by atoms with Gasteiger partial charge in [-0.05, 0) is 67.1 Å². The van der Waals surface area contributed by atoms with E-state index in [1.165, 1.54) is 6.07 Å². The second-order valence-electron chi connectivity index (χ2n) is 8.93. The van der Waals surface area contributed by atoms with Gasteiger partial charge in [0.25, 0.3) is 5.91 Å². The van der Waals surface area contributed by atoms with Crippen LogP contribution in [0.4, 0.5) is 14.5 Å². The predicted octanol–water partition coefficient (Wildman–Crippen LogP) is 5.11. The standard InChI is InChI=1S/C27H25F2N3O3S/c1-18-2-5-22(14-26(18)31-36(34,35)17-23-8-9-24(28)15-25(23)29)27(33)32-12-10-21(11-13-32)20-6-3-19(16-30)4-7-20/h2-9,14-15,21,31H,10-13,17H2,1H3. The van der Waals surface area contributed by atoms with Crippen LogP contribution in [0.2, 0.25) is 0 Å². The molecule has 1 saturated heterocycles. The van der Waals surface area contributed by atoms with Crippen LogP contribution in [0.3, 0.4) is 0 Å². The fourth-order valence-electron chi connectivity index (χ4n) is 4.34. The minimum Gasteiger partial charge on any atom is -0.339 e. The highest BCUT2D eigenvalue weighted by Gasteiger charge is 2.25. The van der Waals surface area contributed by atoms with Crippen molar-refractivity contribution in [1.29, 1.82) is 5.26 Å². The molecule has 36 heavy (non-hydrogen) atoms. The lowest BCUT2D eigenvalue weighted by atomic mass is 9.89. The molecule has 1 aliphatic rings. The summed E-state index contributed by atoms with van der Waals surface area (Å²) in [6.07, 6.45) is 1.57. The van der Waals surface area contributed by atoms with Gasteiger partial charge in [0.05, 0.1) is 23.1 Å². The fourth-order valence-corrected chi connectivity index (χ4v) is 5.61. The maximum Gasteiger partial charge on any atom is 0.253 e. The molecule has 1 aliphatic heterocycles. The van der Waals surface area contributed by atoms with E-state index in [0.717, 1.165) is 30.5 Å². The number of anilines is 1. The summed E-state index contributed by atoms with van der Waals surface area (Å²) in [5, 5.41) is 8.97. The highest BCUT2D eigenvalue weighted by molar-refractivity contribution is 7.91. The number of carbonyl (C=O) groups is 1. The summed E-state index contributed by atoms with van der Waals surface area (Å²) in [6, 6.07) is 17.2. The number of rotatable bonds is 6. The number of sulfonamides is 1. The van der Waals surface area contributed by atoms with Gasteiger partial charge < -0.3 is 4.90 Å². The summed E-state index contributed by atoms with van der Waals surface area (Å²) in [6.45, 7) is 2.82. The minimum absolute atomic E-state index is 0.154. The number of carbonyl (C=O) groups excluding carboxylic acids is 1.